The van der Waals surface area contributed by atoms with Crippen LogP contribution in [0, 0.1) is 0 Å². The first-order valence-corrected chi connectivity index (χ1v) is 15.1. The molecule has 14 nitrogen and oxygen atoms in total. The normalized spacial score (nSPS) is 30.4. The number of ether oxygens (including phenoxy) is 5. The maximum atomic E-state index is 12.9. The van der Waals surface area contributed by atoms with E-state index < -0.39 is 90.8 Å². The highest BCUT2D eigenvalue weighted by Crippen LogP contribution is 2.57. The number of carbonyl (C=O) groups is 1. The van der Waals surface area contributed by atoms with E-state index in [0.717, 1.165) is 0 Å². The molecule has 0 bridgehead atoms. The van der Waals surface area contributed by atoms with E-state index in [4.69, 9.17) is 23.7 Å². The van der Waals surface area contributed by atoms with Gasteiger partial charge in [0.25, 0.3) is 0 Å². The minimum Gasteiger partial charge on any atom is -0.507 e. The summed E-state index contributed by atoms with van der Waals surface area (Å²) in [6, 6.07) is 4.18. The number of carbonyl (C=O) groups excluding carboxylic acids is 1. The van der Waals surface area contributed by atoms with Crippen LogP contribution in [-0.4, -0.2) is 123 Å². The lowest BCUT2D eigenvalue weighted by Gasteiger charge is -2.46. The Labute approximate surface area is 263 Å². The number of phenolic OH excluding ortho intramolecular Hbond substituents is 4. The van der Waals surface area contributed by atoms with E-state index in [2.05, 4.69) is 0 Å². The van der Waals surface area contributed by atoms with Crippen molar-refractivity contribution in [2.45, 2.75) is 68.7 Å². The topological polar surface area (TPSA) is 208 Å². The molecule has 2 aliphatic heterocycles. The van der Waals surface area contributed by atoms with Crippen molar-refractivity contribution in [3.05, 3.63) is 29.3 Å². The van der Waals surface area contributed by atoms with Crippen molar-refractivity contribution in [2.24, 2.45) is 0 Å². The minimum absolute atomic E-state index is 0.0332. The molecule has 6 rings (SSSR count). The molecule has 7 N–H and O–H groups in total. The number of morpholine rings is 1. The van der Waals surface area contributed by atoms with Gasteiger partial charge in [-0.2, -0.15) is 0 Å². The van der Waals surface area contributed by atoms with E-state index in [1.165, 1.54) is 20.3 Å². The van der Waals surface area contributed by atoms with Gasteiger partial charge < -0.3 is 59.4 Å². The van der Waals surface area contributed by atoms with Crippen LogP contribution in [0.4, 0.5) is 0 Å². The molecule has 0 amide bonds. The molecule has 3 aromatic carbocycles. The van der Waals surface area contributed by atoms with Crippen molar-refractivity contribution in [2.75, 3.05) is 40.5 Å². The van der Waals surface area contributed by atoms with Crippen LogP contribution in [-0.2, 0) is 30.2 Å². The SMILES string of the molecule is COc1cccc2c(O)c3c(O)c4c(c(O)c3c(O)c12)[C@@H](O[C@H]1C[C@H](N2CCO[C@H](OC)C2)[C@H](O)[C@H](C)O1)C[C@](O)(C(=O)CO)C4. The largest absolute Gasteiger partial charge is 0.507 e. The highest BCUT2D eigenvalue weighted by atomic mass is 16.7. The average molecular weight is 646 g/mol. The number of benzene rings is 3. The molecule has 0 saturated carbocycles. The Morgan fingerprint density at radius 3 is 2.48 bits per heavy atom. The molecule has 14 heteroatoms. The van der Waals surface area contributed by atoms with Crippen LogP contribution in [0.5, 0.6) is 28.7 Å². The Balaban J connectivity index is 1.47. The zero-order valence-electron chi connectivity index (χ0n) is 25.7. The number of ketones is 1. The fourth-order valence-electron chi connectivity index (χ4n) is 7.17. The van der Waals surface area contributed by atoms with Crippen LogP contribution in [0.15, 0.2) is 18.2 Å². The number of aliphatic hydroxyl groups excluding tert-OH is 2. The van der Waals surface area contributed by atoms with Crippen molar-refractivity contribution in [1.29, 1.82) is 0 Å². The summed E-state index contributed by atoms with van der Waals surface area (Å²) in [5, 5.41) is 78.1. The molecular weight excluding hydrogens is 606 g/mol. The highest BCUT2D eigenvalue weighted by Gasteiger charge is 2.49. The Morgan fingerprint density at radius 1 is 1.04 bits per heavy atom. The van der Waals surface area contributed by atoms with Crippen molar-refractivity contribution in [3.8, 4) is 28.7 Å². The third kappa shape index (κ3) is 5.18. The van der Waals surface area contributed by atoms with E-state index in [0.29, 0.717) is 19.7 Å². The number of aliphatic hydroxyl groups is 3. The molecule has 250 valence electrons. The first-order chi connectivity index (χ1) is 21.9. The molecule has 3 aromatic rings. The van der Waals surface area contributed by atoms with E-state index >= 15 is 0 Å². The molecule has 0 radical (unpaired) electrons. The summed E-state index contributed by atoms with van der Waals surface area (Å²) >= 11 is 0. The van der Waals surface area contributed by atoms with Gasteiger partial charge in [-0.05, 0) is 13.0 Å². The van der Waals surface area contributed by atoms with Gasteiger partial charge in [0.2, 0.25) is 0 Å². The predicted molar refractivity (Wildman–Crippen MR) is 161 cm³/mol. The second kappa shape index (κ2) is 12.3. The van der Waals surface area contributed by atoms with E-state index in [1.54, 1.807) is 19.1 Å². The van der Waals surface area contributed by atoms with Gasteiger partial charge in [-0.3, -0.25) is 9.69 Å². The van der Waals surface area contributed by atoms with Crippen LogP contribution in [0.25, 0.3) is 21.5 Å². The van der Waals surface area contributed by atoms with E-state index in [1.807, 2.05) is 4.90 Å². The Kier molecular flexibility index (Phi) is 8.67. The van der Waals surface area contributed by atoms with Crippen molar-refractivity contribution in [1.82, 2.24) is 4.90 Å². The Hall–Kier alpha value is -3.47. The number of hydrogen-bond donors (Lipinski definition) is 7. The summed E-state index contributed by atoms with van der Waals surface area (Å²) in [6.45, 7) is 1.95. The number of methoxy groups -OCH3 is 2. The van der Waals surface area contributed by atoms with Crippen LogP contribution in [0.3, 0.4) is 0 Å². The number of hydrogen-bond acceptors (Lipinski definition) is 14. The summed E-state index contributed by atoms with van der Waals surface area (Å²) in [5.41, 5.74) is -2.37. The molecule has 3 aliphatic rings. The smallest absolute Gasteiger partial charge is 0.190 e. The van der Waals surface area contributed by atoms with Crippen molar-refractivity contribution < 1.29 is 64.2 Å². The van der Waals surface area contributed by atoms with E-state index in [-0.39, 0.29) is 44.8 Å². The van der Waals surface area contributed by atoms with Gasteiger partial charge in [0.15, 0.2) is 18.4 Å². The Morgan fingerprint density at radius 2 is 1.78 bits per heavy atom. The quantitative estimate of drug-likeness (QED) is 0.143. The molecule has 2 heterocycles. The molecule has 2 fully saturated rings. The van der Waals surface area contributed by atoms with Crippen molar-refractivity contribution >= 4 is 27.3 Å². The second-order valence-corrected chi connectivity index (χ2v) is 12.1. The van der Waals surface area contributed by atoms with Crippen LogP contribution in [0.1, 0.15) is 37.0 Å². The third-order valence-electron chi connectivity index (χ3n) is 9.57. The van der Waals surface area contributed by atoms with Gasteiger partial charge in [0, 0.05) is 62.0 Å². The zero-order chi connectivity index (χ0) is 33.1. The van der Waals surface area contributed by atoms with Gasteiger partial charge in [-0.15, -0.1) is 0 Å². The number of nitrogens with zero attached hydrogens (tertiary/aromatic N) is 1. The van der Waals surface area contributed by atoms with Gasteiger partial charge in [0.1, 0.15) is 41.0 Å². The summed E-state index contributed by atoms with van der Waals surface area (Å²) < 4.78 is 28.7. The van der Waals surface area contributed by atoms with Gasteiger partial charge in [0.05, 0.1) is 48.2 Å². The highest BCUT2D eigenvalue weighted by molar-refractivity contribution is 6.17. The molecule has 0 aromatic heterocycles. The predicted octanol–water partition coefficient (Wildman–Crippen LogP) is 1.29. The zero-order valence-corrected chi connectivity index (χ0v) is 25.7. The number of aromatic hydroxyl groups is 4. The molecule has 7 atom stereocenters. The second-order valence-electron chi connectivity index (χ2n) is 12.1. The van der Waals surface area contributed by atoms with Gasteiger partial charge in [-0.25, -0.2) is 0 Å². The lowest BCUT2D eigenvalue weighted by Crippen LogP contribution is -2.59. The number of fused-ring (bicyclic) bond motifs is 3. The average Bonchev–Trinajstić information content (AvgIpc) is 3.05. The molecule has 1 aliphatic carbocycles. The fourth-order valence-corrected chi connectivity index (χ4v) is 7.17. The molecule has 0 spiro atoms. The molecule has 2 saturated heterocycles. The van der Waals surface area contributed by atoms with Gasteiger partial charge >= 0.3 is 0 Å². The minimum atomic E-state index is -2.23. The van der Waals surface area contributed by atoms with Crippen LogP contribution >= 0.6 is 0 Å². The molecule has 46 heavy (non-hydrogen) atoms. The third-order valence-corrected chi connectivity index (χ3v) is 9.57. The number of phenols is 4. The van der Waals surface area contributed by atoms with Crippen LogP contribution in [0.2, 0.25) is 0 Å². The summed E-state index contributed by atoms with van der Waals surface area (Å²) in [4.78, 5) is 14.9. The number of Topliss-reactive ketones (excluding diaryl/α,β-unsaturated/α-hetero) is 1. The lowest BCUT2D eigenvalue weighted by atomic mass is 9.74. The monoisotopic (exact) mass is 645 g/mol. The van der Waals surface area contributed by atoms with E-state index in [9.17, 15) is 40.5 Å². The maximum absolute atomic E-state index is 12.9. The Bertz CT molecular complexity index is 1660. The lowest BCUT2D eigenvalue weighted by molar-refractivity contribution is -0.266. The summed E-state index contributed by atoms with van der Waals surface area (Å²) in [6.07, 6.45) is -5.23. The summed E-state index contributed by atoms with van der Waals surface area (Å²) in [7, 11) is 2.91. The number of rotatable bonds is 7. The maximum Gasteiger partial charge on any atom is 0.190 e. The molecule has 0 unspecified atom stereocenters. The standard InChI is InChI=1S/C32H39NO13/c1-14-27(36)17(33-7-8-44-22(12-33)43-3)9-21(45-14)46-19-11-32(41,20(35)13-34)10-16-24(19)31(40)26-25(29(16)38)28(37)15-5-4-6-18(42-2)23(15)30(26)39/h4-6,14,17,19,21-22,27,34,36-41H,7-13H2,1-3H3/t14-,17-,19-,21-,22-,27+,32-/m0/s1. The van der Waals surface area contributed by atoms with Crippen molar-refractivity contribution in [3.63, 3.8) is 0 Å². The van der Waals surface area contributed by atoms with Gasteiger partial charge in [-0.1, -0.05) is 12.1 Å². The first kappa shape index (κ1) is 32.5. The summed E-state index contributed by atoms with van der Waals surface area (Å²) in [5.74, 6) is -2.84. The fraction of sp³-hybridized carbons (Fsp3) is 0.531. The molecular formula is C32H39NO13. The van der Waals surface area contributed by atoms with Crippen LogP contribution < -0.4 is 4.74 Å². The first-order valence-electron chi connectivity index (χ1n) is 15.1.